The largest absolute Gasteiger partial charge is 0.383 e. The number of para-hydroxylation sites is 1. The standard InChI is InChI=1S/C16H21N5OS/c1-3-11-6-4-5-10(2)15(11)21-14(22)7-8-23-16-19-12(17)9-13(18)20-16/h4-6,9H,3,7-8H2,1-2H3,(H,21,22)(H4,17,18,19,20). The fourth-order valence-electron chi connectivity index (χ4n) is 2.17. The van der Waals surface area contributed by atoms with Gasteiger partial charge in [0.15, 0.2) is 5.16 Å². The molecule has 7 heteroatoms. The molecular weight excluding hydrogens is 310 g/mol. The number of nitrogens with two attached hydrogens (primary N) is 2. The summed E-state index contributed by atoms with van der Waals surface area (Å²) >= 11 is 1.36. The van der Waals surface area contributed by atoms with Gasteiger partial charge in [-0.1, -0.05) is 36.9 Å². The minimum atomic E-state index is -0.0293. The Morgan fingerprint density at radius 1 is 1.26 bits per heavy atom. The number of nitrogen functional groups attached to an aromatic ring is 2. The third-order valence-corrected chi connectivity index (χ3v) is 4.16. The molecule has 2 rings (SSSR count). The van der Waals surface area contributed by atoms with E-state index < -0.39 is 0 Å². The molecule has 2 aromatic rings. The second-order valence-corrected chi connectivity index (χ2v) is 6.17. The van der Waals surface area contributed by atoms with E-state index in [9.17, 15) is 4.79 Å². The molecule has 1 amide bonds. The van der Waals surface area contributed by atoms with Gasteiger partial charge in [0.2, 0.25) is 5.91 Å². The molecule has 0 spiro atoms. The van der Waals surface area contributed by atoms with Gasteiger partial charge < -0.3 is 16.8 Å². The van der Waals surface area contributed by atoms with Crippen LogP contribution in [0.15, 0.2) is 29.4 Å². The average molecular weight is 331 g/mol. The minimum absolute atomic E-state index is 0.0293. The first kappa shape index (κ1) is 17.1. The van der Waals surface area contributed by atoms with E-state index in [1.165, 1.54) is 17.8 Å². The van der Waals surface area contributed by atoms with Gasteiger partial charge in [-0.15, -0.1) is 0 Å². The summed E-state index contributed by atoms with van der Waals surface area (Å²) in [5.74, 6) is 1.19. The van der Waals surface area contributed by atoms with Crippen LogP contribution >= 0.6 is 11.8 Å². The highest BCUT2D eigenvalue weighted by atomic mass is 32.2. The predicted molar refractivity (Wildman–Crippen MR) is 95.4 cm³/mol. The molecule has 0 bridgehead atoms. The molecule has 1 aromatic heterocycles. The van der Waals surface area contributed by atoms with Gasteiger partial charge in [-0.25, -0.2) is 9.97 Å². The molecule has 0 radical (unpaired) electrons. The number of carbonyl (C=O) groups excluding carboxylic acids is 1. The molecule has 0 saturated carbocycles. The van der Waals surface area contributed by atoms with Crippen LogP contribution in [0.1, 0.15) is 24.5 Å². The number of aryl methyl sites for hydroxylation is 2. The maximum Gasteiger partial charge on any atom is 0.225 e. The van der Waals surface area contributed by atoms with Crippen LogP contribution in [0.3, 0.4) is 0 Å². The van der Waals surface area contributed by atoms with Crippen molar-refractivity contribution in [2.24, 2.45) is 0 Å². The van der Waals surface area contributed by atoms with Gasteiger partial charge in [0, 0.05) is 23.9 Å². The van der Waals surface area contributed by atoms with Crippen LogP contribution < -0.4 is 16.8 Å². The summed E-state index contributed by atoms with van der Waals surface area (Å²) in [7, 11) is 0. The van der Waals surface area contributed by atoms with E-state index in [2.05, 4.69) is 22.2 Å². The number of rotatable bonds is 6. The van der Waals surface area contributed by atoms with Crippen molar-refractivity contribution < 1.29 is 4.79 Å². The van der Waals surface area contributed by atoms with E-state index in [4.69, 9.17) is 11.5 Å². The van der Waals surface area contributed by atoms with E-state index in [0.717, 1.165) is 23.2 Å². The Bertz CT molecular complexity index is 685. The van der Waals surface area contributed by atoms with Crippen molar-refractivity contribution >= 4 is 35.0 Å². The molecule has 1 aromatic carbocycles. The molecule has 0 aliphatic heterocycles. The third kappa shape index (κ3) is 4.85. The van der Waals surface area contributed by atoms with Gasteiger partial charge in [0.1, 0.15) is 11.6 Å². The lowest BCUT2D eigenvalue weighted by molar-refractivity contribution is -0.115. The first-order chi connectivity index (χ1) is 11.0. The van der Waals surface area contributed by atoms with Crippen LogP contribution in [0, 0.1) is 6.92 Å². The van der Waals surface area contributed by atoms with Crippen LogP contribution in [0.5, 0.6) is 0 Å². The number of nitrogens with one attached hydrogen (secondary N) is 1. The van der Waals surface area contributed by atoms with E-state index in [1.54, 1.807) is 0 Å². The number of thioether (sulfide) groups is 1. The van der Waals surface area contributed by atoms with Crippen LogP contribution in [0.25, 0.3) is 0 Å². The fourth-order valence-corrected chi connectivity index (χ4v) is 2.98. The summed E-state index contributed by atoms with van der Waals surface area (Å²) in [4.78, 5) is 20.3. The van der Waals surface area contributed by atoms with Gasteiger partial charge in [0.25, 0.3) is 0 Å². The summed E-state index contributed by atoms with van der Waals surface area (Å²) in [5.41, 5.74) is 14.4. The Hall–Kier alpha value is -2.28. The Morgan fingerprint density at radius 3 is 2.61 bits per heavy atom. The highest BCUT2D eigenvalue weighted by Crippen LogP contribution is 2.22. The summed E-state index contributed by atoms with van der Waals surface area (Å²) in [6, 6.07) is 7.52. The Labute approximate surface area is 140 Å². The second-order valence-electron chi connectivity index (χ2n) is 5.11. The van der Waals surface area contributed by atoms with Crippen molar-refractivity contribution in [1.29, 1.82) is 0 Å². The van der Waals surface area contributed by atoms with Gasteiger partial charge in [-0.2, -0.15) is 0 Å². The van der Waals surface area contributed by atoms with Crippen molar-refractivity contribution in [2.75, 3.05) is 22.5 Å². The van der Waals surface area contributed by atoms with Crippen molar-refractivity contribution in [2.45, 2.75) is 31.8 Å². The molecular formula is C16H21N5OS. The fraction of sp³-hybridized carbons (Fsp3) is 0.312. The molecule has 0 saturated heterocycles. The highest BCUT2D eigenvalue weighted by molar-refractivity contribution is 7.99. The molecule has 6 nitrogen and oxygen atoms in total. The quantitative estimate of drug-likeness (QED) is 0.555. The van der Waals surface area contributed by atoms with Gasteiger partial charge in [-0.05, 0) is 24.5 Å². The summed E-state index contributed by atoms with van der Waals surface area (Å²) in [6.45, 7) is 4.06. The zero-order chi connectivity index (χ0) is 16.8. The van der Waals surface area contributed by atoms with Crippen LogP contribution in [0.4, 0.5) is 17.3 Å². The zero-order valence-corrected chi connectivity index (χ0v) is 14.1. The van der Waals surface area contributed by atoms with Crippen molar-refractivity contribution in [1.82, 2.24) is 9.97 Å². The van der Waals surface area contributed by atoms with E-state index in [-0.39, 0.29) is 5.91 Å². The molecule has 0 aliphatic carbocycles. The number of benzene rings is 1. The SMILES string of the molecule is CCc1cccc(C)c1NC(=O)CCSc1nc(N)cc(N)n1. The summed E-state index contributed by atoms with van der Waals surface area (Å²) in [6.07, 6.45) is 1.24. The maximum absolute atomic E-state index is 12.1. The number of anilines is 3. The first-order valence-corrected chi connectivity index (χ1v) is 8.39. The Balaban J connectivity index is 1.91. The van der Waals surface area contributed by atoms with E-state index >= 15 is 0 Å². The lowest BCUT2D eigenvalue weighted by Gasteiger charge is -2.12. The zero-order valence-electron chi connectivity index (χ0n) is 13.3. The number of aromatic nitrogens is 2. The monoisotopic (exact) mass is 331 g/mol. The van der Waals surface area contributed by atoms with Gasteiger partial charge in [-0.3, -0.25) is 4.79 Å². The third-order valence-electron chi connectivity index (χ3n) is 3.31. The first-order valence-electron chi connectivity index (χ1n) is 7.40. The highest BCUT2D eigenvalue weighted by Gasteiger charge is 2.09. The second kappa shape index (κ2) is 7.82. The molecule has 23 heavy (non-hydrogen) atoms. The van der Waals surface area contributed by atoms with Crippen molar-refractivity contribution in [3.05, 3.63) is 35.4 Å². The number of nitrogens with zero attached hydrogens (tertiary/aromatic N) is 2. The molecule has 0 atom stereocenters. The predicted octanol–water partition coefficient (Wildman–Crippen LogP) is 2.63. The molecule has 0 aliphatic rings. The lowest BCUT2D eigenvalue weighted by atomic mass is 10.1. The Kier molecular flexibility index (Phi) is 5.81. The molecule has 0 unspecified atom stereocenters. The smallest absolute Gasteiger partial charge is 0.225 e. The van der Waals surface area contributed by atoms with Crippen molar-refractivity contribution in [3.8, 4) is 0 Å². The number of amides is 1. The number of hydrogen-bond acceptors (Lipinski definition) is 6. The topological polar surface area (TPSA) is 107 Å². The molecule has 0 fully saturated rings. The average Bonchev–Trinajstić information content (AvgIpc) is 2.48. The minimum Gasteiger partial charge on any atom is -0.383 e. The molecule has 1 heterocycles. The lowest BCUT2D eigenvalue weighted by Crippen LogP contribution is -2.14. The summed E-state index contributed by atoms with van der Waals surface area (Å²) < 4.78 is 0. The maximum atomic E-state index is 12.1. The molecule has 122 valence electrons. The van der Waals surface area contributed by atoms with Crippen LogP contribution in [0.2, 0.25) is 0 Å². The van der Waals surface area contributed by atoms with E-state index in [1.807, 2.05) is 25.1 Å². The summed E-state index contributed by atoms with van der Waals surface area (Å²) in [5, 5.41) is 3.48. The normalized spacial score (nSPS) is 10.5. The van der Waals surface area contributed by atoms with Crippen LogP contribution in [-0.2, 0) is 11.2 Å². The van der Waals surface area contributed by atoms with E-state index in [0.29, 0.717) is 29.0 Å². The van der Waals surface area contributed by atoms with Crippen LogP contribution in [-0.4, -0.2) is 21.6 Å². The Morgan fingerprint density at radius 2 is 1.96 bits per heavy atom. The van der Waals surface area contributed by atoms with Crippen molar-refractivity contribution in [3.63, 3.8) is 0 Å². The number of hydrogen-bond donors (Lipinski definition) is 3. The molecule has 5 N–H and O–H groups in total. The van der Waals surface area contributed by atoms with Gasteiger partial charge in [0.05, 0.1) is 0 Å². The van der Waals surface area contributed by atoms with Gasteiger partial charge >= 0.3 is 0 Å². The number of carbonyl (C=O) groups is 1.